The first-order chi connectivity index (χ1) is 6.70. The molecule has 0 spiro atoms. The summed E-state index contributed by atoms with van der Waals surface area (Å²) in [6.45, 7) is 4.67. The summed E-state index contributed by atoms with van der Waals surface area (Å²) in [6.07, 6.45) is 3.19. The molecule has 0 aliphatic carbocycles. The largest absolute Gasteiger partial charge is 0.481 e. The Kier molecular flexibility index (Phi) is 6.24. The molecule has 0 saturated heterocycles. The van der Waals surface area contributed by atoms with Crippen LogP contribution in [0.5, 0.6) is 0 Å². The van der Waals surface area contributed by atoms with Gasteiger partial charge in [-0.15, -0.1) is 17.0 Å². The third-order valence-electron chi connectivity index (χ3n) is 2.28. The standard InChI is InChI=1S/C10H16N2O2.BrH/c1-3-5-8(10(13)14)9-6-7-11-12(9)4-2;/h6-8H,3-5H2,1-2H3,(H,13,14);1H. The number of rotatable bonds is 5. The molecule has 1 rings (SSSR count). The molecule has 0 saturated carbocycles. The zero-order chi connectivity index (χ0) is 10.6. The molecule has 1 heterocycles. The van der Waals surface area contributed by atoms with Crippen molar-refractivity contribution in [2.45, 2.75) is 39.2 Å². The Morgan fingerprint density at radius 1 is 1.60 bits per heavy atom. The topological polar surface area (TPSA) is 55.1 Å². The van der Waals surface area contributed by atoms with Gasteiger partial charge in [0.05, 0.1) is 11.6 Å². The zero-order valence-corrected chi connectivity index (χ0v) is 10.7. The molecule has 4 nitrogen and oxygen atoms in total. The van der Waals surface area contributed by atoms with Gasteiger partial charge in [-0.1, -0.05) is 13.3 Å². The van der Waals surface area contributed by atoms with E-state index in [2.05, 4.69) is 5.10 Å². The highest BCUT2D eigenvalue weighted by molar-refractivity contribution is 8.93. The summed E-state index contributed by atoms with van der Waals surface area (Å²) < 4.78 is 1.74. The summed E-state index contributed by atoms with van der Waals surface area (Å²) >= 11 is 0. The van der Waals surface area contributed by atoms with E-state index in [4.69, 9.17) is 5.11 Å². The third kappa shape index (κ3) is 3.34. The maximum atomic E-state index is 11.0. The summed E-state index contributed by atoms with van der Waals surface area (Å²) in [5.41, 5.74) is 0.807. The number of carboxylic acids is 1. The summed E-state index contributed by atoms with van der Waals surface area (Å²) in [7, 11) is 0. The number of halogens is 1. The maximum absolute atomic E-state index is 11.0. The van der Waals surface area contributed by atoms with Crippen LogP contribution in [0.2, 0.25) is 0 Å². The predicted octanol–water partition coefficient (Wildman–Crippen LogP) is 2.45. The molecule has 1 atom stereocenters. The SMILES string of the molecule is Br.CCCC(C(=O)O)c1ccnn1CC. The Hall–Kier alpha value is -0.840. The van der Waals surface area contributed by atoms with Crippen molar-refractivity contribution in [1.82, 2.24) is 9.78 Å². The molecule has 1 N–H and O–H groups in total. The highest BCUT2D eigenvalue weighted by Crippen LogP contribution is 2.21. The Labute approximate surface area is 100 Å². The summed E-state index contributed by atoms with van der Waals surface area (Å²) in [6, 6.07) is 1.79. The van der Waals surface area contributed by atoms with Gasteiger partial charge in [0.2, 0.25) is 0 Å². The van der Waals surface area contributed by atoms with E-state index in [1.54, 1.807) is 16.9 Å². The van der Waals surface area contributed by atoms with E-state index in [0.29, 0.717) is 6.42 Å². The Morgan fingerprint density at radius 2 is 2.27 bits per heavy atom. The second-order valence-electron chi connectivity index (χ2n) is 3.25. The van der Waals surface area contributed by atoms with Crippen molar-refractivity contribution in [3.05, 3.63) is 18.0 Å². The van der Waals surface area contributed by atoms with Crippen LogP contribution in [-0.4, -0.2) is 20.9 Å². The summed E-state index contributed by atoms with van der Waals surface area (Å²) in [5.74, 6) is -1.18. The minimum atomic E-state index is -0.762. The second-order valence-corrected chi connectivity index (χ2v) is 3.25. The third-order valence-corrected chi connectivity index (χ3v) is 2.28. The number of carboxylic acid groups (broad SMARTS) is 1. The Bertz CT molecular complexity index is 312. The van der Waals surface area contributed by atoms with E-state index in [9.17, 15) is 4.79 Å². The molecule has 1 unspecified atom stereocenters. The molecule has 0 fully saturated rings. The van der Waals surface area contributed by atoms with Gasteiger partial charge in [0.25, 0.3) is 0 Å². The molecule has 5 heteroatoms. The quantitative estimate of drug-likeness (QED) is 0.899. The lowest BCUT2D eigenvalue weighted by Crippen LogP contribution is -2.16. The smallest absolute Gasteiger partial charge is 0.312 e. The minimum absolute atomic E-state index is 0. The molecule has 0 aliphatic heterocycles. The first-order valence-electron chi connectivity index (χ1n) is 4.95. The average Bonchev–Trinajstić information content (AvgIpc) is 2.61. The van der Waals surface area contributed by atoms with Crippen molar-refractivity contribution in [3.63, 3.8) is 0 Å². The molecular weight excluding hydrogens is 260 g/mol. The van der Waals surface area contributed by atoms with Gasteiger partial charge in [-0.05, 0) is 19.4 Å². The molecule has 1 aromatic heterocycles. The number of nitrogens with zero attached hydrogens (tertiary/aromatic N) is 2. The fraction of sp³-hybridized carbons (Fsp3) is 0.600. The normalized spacial score (nSPS) is 11.9. The number of hydrogen-bond donors (Lipinski definition) is 1. The van der Waals surface area contributed by atoms with Gasteiger partial charge in [0, 0.05) is 12.7 Å². The predicted molar refractivity (Wildman–Crippen MR) is 63.5 cm³/mol. The van der Waals surface area contributed by atoms with Crippen LogP contribution in [0.1, 0.15) is 38.3 Å². The molecule has 86 valence electrons. The fourth-order valence-corrected chi connectivity index (χ4v) is 1.59. The van der Waals surface area contributed by atoms with Crippen LogP contribution >= 0.6 is 17.0 Å². The van der Waals surface area contributed by atoms with Gasteiger partial charge in [-0.2, -0.15) is 5.10 Å². The molecular formula is C10H17BrN2O2. The number of aliphatic carboxylic acids is 1. The number of hydrogen-bond acceptors (Lipinski definition) is 2. The van der Waals surface area contributed by atoms with Crippen LogP contribution < -0.4 is 0 Å². The molecule has 0 aromatic carbocycles. The van der Waals surface area contributed by atoms with Crippen molar-refractivity contribution < 1.29 is 9.90 Å². The van der Waals surface area contributed by atoms with E-state index in [0.717, 1.165) is 18.7 Å². The van der Waals surface area contributed by atoms with Gasteiger partial charge in [-0.25, -0.2) is 0 Å². The first kappa shape index (κ1) is 14.2. The van der Waals surface area contributed by atoms with Crippen LogP contribution in [0.25, 0.3) is 0 Å². The van der Waals surface area contributed by atoms with Gasteiger partial charge in [0.1, 0.15) is 0 Å². The number of aromatic nitrogens is 2. The number of carbonyl (C=O) groups is 1. The van der Waals surface area contributed by atoms with E-state index >= 15 is 0 Å². The van der Waals surface area contributed by atoms with E-state index < -0.39 is 11.9 Å². The lowest BCUT2D eigenvalue weighted by molar-refractivity contribution is -0.139. The van der Waals surface area contributed by atoms with Crippen LogP contribution in [0.15, 0.2) is 12.3 Å². The summed E-state index contributed by atoms with van der Waals surface area (Å²) in [4.78, 5) is 11.0. The van der Waals surface area contributed by atoms with Crippen molar-refractivity contribution in [1.29, 1.82) is 0 Å². The molecule has 0 bridgehead atoms. The Balaban J connectivity index is 0.00000196. The van der Waals surface area contributed by atoms with Crippen LogP contribution in [0.4, 0.5) is 0 Å². The molecule has 0 amide bonds. The number of aryl methyl sites for hydroxylation is 1. The lowest BCUT2D eigenvalue weighted by atomic mass is 10.00. The molecule has 1 aromatic rings. The average molecular weight is 277 g/mol. The Morgan fingerprint density at radius 3 is 2.73 bits per heavy atom. The zero-order valence-electron chi connectivity index (χ0n) is 9.01. The monoisotopic (exact) mass is 276 g/mol. The van der Waals surface area contributed by atoms with Crippen molar-refractivity contribution in [3.8, 4) is 0 Å². The van der Waals surface area contributed by atoms with Gasteiger partial charge in [0.15, 0.2) is 0 Å². The van der Waals surface area contributed by atoms with Gasteiger partial charge in [-0.3, -0.25) is 9.48 Å². The van der Waals surface area contributed by atoms with Crippen molar-refractivity contribution in [2.24, 2.45) is 0 Å². The highest BCUT2D eigenvalue weighted by atomic mass is 79.9. The summed E-state index contributed by atoms with van der Waals surface area (Å²) in [5, 5.41) is 13.1. The fourth-order valence-electron chi connectivity index (χ4n) is 1.59. The van der Waals surface area contributed by atoms with E-state index in [-0.39, 0.29) is 17.0 Å². The first-order valence-corrected chi connectivity index (χ1v) is 4.95. The molecule has 15 heavy (non-hydrogen) atoms. The van der Waals surface area contributed by atoms with Crippen molar-refractivity contribution >= 4 is 23.0 Å². The van der Waals surface area contributed by atoms with Crippen molar-refractivity contribution in [2.75, 3.05) is 0 Å². The van der Waals surface area contributed by atoms with E-state index in [1.807, 2.05) is 13.8 Å². The van der Waals surface area contributed by atoms with Gasteiger partial charge < -0.3 is 5.11 Å². The highest BCUT2D eigenvalue weighted by Gasteiger charge is 2.21. The van der Waals surface area contributed by atoms with Crippen LogP contribution in [-0.2, 0) is 11.3 Å². The second kappa shape index (κ2) is 6.61. The minimum Gasteiger partial charge on any atom is -0.481 e. The maximum Gasteiger partial charge on any atom is 0.312 e. The van der Waals surface area contributed by atoms with E-state index in [1.165, 1.54) is 0 Å². The lowest BCUT2D eigenvalue weighted by Gasteiger charge is -2.12. The molecule has 0 aliphatic rings. The van der Waals surface area contributed by atoms with Crippen LogP contribution in [0.3, 0.4) is 0 Å². The molecule has 0 radical (unpaired) electrons. The van der Waals surface area contributed by atoms with Crippen LogP contribution in [0, 0.1) is 0 Å². The van der Waals surface area contributed by atoms with Gasteiger partial charge >= 0.3 is 5.97 Å².